The number of halogens is 2. The van der Waals surface area contributed by atoms with Gasteiger partial charge in [0.1, 0.15) is 17.8 Å². The number of carbonyl (C=O) groups excluding carboxylic acids is 1. The second kappa shape index (κ2) is 4.72. The maximum atomic E-state index is 13.4. The van der Waals surface area contributed by atoms with Crippen LogP contribution in [0.1, 0.15) is 21.7 Å². The molecule has 0 atom stereocenters. The van der Waals surface area contributed by atoms with Gasteiger partial charge in [0.05, 0.1) is 5.56 Å². The van der Waals surface area contributed by atoms with Crippen molar-refractivity contribution in [3.63, 3.8) is 0 Å². The molecular weight excluding hydrogens is 243 g/mol. The molecule has 1 heterocycles. The van der Waals surface area contributed by atoms with Gasteiger partial charge in [-0.15, -0.1) is 0 Å². The van der Waals surface area contributed by atoms with Gasteiger partial charge in [0.15, 0.2) is 5.78 Å². The maximum absolute atomic E-state index is 13.4. The summed E-state index contributed by atoms with van der Waals surface area (Å²) >= 11 is 5.75. The van der Waals surface area contributed by atoms with Crippen molar-refractivity contribution in [3.05, 3.63) is 58.3 Å². The summed E-state index contributed by atoms with van der Waals surface area (Å²) < 4.78 is 18.5. The molecule has 0 unspecified atom stereocenters. The van der Waals surface area contributed by atoms with Crippen LogP contribution < -0.4 is 0 Å². The fraction of sp³-hybridized carbons (Fsp3) is 0.154. The highest BCUT2D eigenvalue weighted by Gasteiger charge is 2.12. The molecule has 0 radical (unpaired) electrons. The fourth-order valence-corrected chi connectivity index (χ4v) is 1.74. The van der Waals surface area contributed by atoms with Crippen molar-refractivity contribution in [2.75, 3.05) is 0 Å². The Hall–Kier alpha value is -1.61. The highest BCUT2D eigenvalue weighted by Crippen LogP contribution is 2.17. The summed E-state index contributed by atoms with van der Waals surface area (Å²) in [5, 5.41) is 0.414. The molecule has 88 valence electrons. The molecule has 0 saturated heterocycles. The van der Waals surface area contributed by atoms with Crippen LogP contribution in [0.2, 0.25) is 5.02 Å². The van der Waals surface area contributed by atoms with Crippen molar-refractivity contribution in [1.82, 2.24) is 0 Å². The molecule has 0 amide bonds. The summed E-state index contributed by atoms with van der Waals surface area (Å²) in [7, 11) is 0. The van der Waals surface area contributed by atoms with E-state index in [4.69, 9.17) is 16.0 Å². The lowest BCUT2D eigenvalue weighted by Crippen LogP contribution is -2.04. The Balaban J connectivity index is 2.21. The molecule has 2 aromatic rings. The number of carbonyl (C=O) groups is 1. The lowest BCUT2D eigenvalue weighted by atomic mass is 10.0. The topological polar surface area (TPSA) is 30.2 Å². The van der Waals surface area contributed by atoms with Crippen LogP contribution in [0.25, 0.3) is 0 Å². The zero-order chi connectivity index (χ0) is 12.4. The average Bonchev–Trinajstić information content (AvgIpc) is 2.70. The standard InChI is InChI=1S/C13H10ClFO2/c1-8-4-10(7-17-8)13(16)6-9-5-11(14)2-3-12(9)15/h2-5,7H,6H2,1H3. The van der Waals surface area contributed by atoms with E-state index in [-0.39, 0.29) is 12.2 Å². The minimum absolute atomic E-state index is 0.0225. The first-order valence-corrected chi connectivity index (χ1v) is 5.46. The minimum atomic E-state index is -0.428. The second-order valence-corrected chi connectivity index (χ2v) is 4.22. The SMILES string of the molecule is Cc1cc(C(=O)Cc2cc(Cl)ccc2F)co1. The van der Waals surface area contributed by atoms with Gasteiger partial charge in [-0.2, -0.15) is 0 Å². The van der Waals surface area contributed by atoms with Gasteiger partial charge >= 0.3 is 0 Å². The number of ketones is 1. The Morgan fingerprint density at radius 3 is 2.82 bits per heavy atom. The molecule has 2 nitrogen and oxygen atoms in total. The second-order valence-electron chi connectivity index (χ2n) is 3.78. The van der Waals surface area contributed by atoms with Gasteiger partial charge in [0, 0.05) is 11.4 Å². The van der Waals surface area contributed by atoms with E-state index in [1.54, 1.807) is 13.0 Å². The molecule has 0 N–H and O–H groups in total. The van der Waals surface area contributed by atoms with Gasteiger partial charge in [-0.3, -0.25) is 4.79 Å². The molecule has 17 heavy (non-hydrogen) atoms. The van der Waals surface area contributed by atoms with Gasteiger partial charge in [0.2, 0.25) is 0 Å². The normalized spacial score (nSPS) is 10.5. The number of furan rings is 1. The lowest BCUT2D eigenvalue weighted by molar-refractivity contribution is 0.0991. The monoisotopic (exact) mass is 252 g/mol. The molecule has 0 fully saturated rings. The van der Waals surface area contributed by atoms with Crippen molar-refractivity contribution in [3.8, 4) is 0 Å². The van der Waals surface area contributed by atoms with Crippen molar-refractivity contribution < 1.29 is 13.6 Å². The molecule has 0 spiro atoms. The Morgan fingerprint density at radius 2 is 2.18 bits per heavy atom. The summed E-state index contributed by atoms with van der Waals surface area (Å²) in [5.74, 6) is 0.0332. The molecule has 0 aliphatic heterocycles. The van der Waals surface area contributed by atoms with E-state index in [1.165, 1.54) is 24.5 Å². The van der Waals surface area contributed by atoms with Crippen molar-refractivity contribution in [1.29, 1.82) is 0 Å². The summed E-state index contributed by atoms with van der Waals surface area (Å²) in [5.41, 5.74) is 0.739. The van der Waals surface area contributed by atoms with Crippen molar-refractivity contribution in [2.45, 2.75) is 13.3 Å². The zero-order valence-electron chi connectivity index (χ0n) is 9.17. The van der Waals surface area contributed by atoms with E-state index in [1.807, 2.05) is 0 Å². The highest BCUT2D eigenvalue weighted by molar-refractivity contribution is 6.30. The summed E-state index contributed by atoms with van der Waals surface area (Å²) in [4.78, 5) is 11.8. The maximum Gasteiger partial charge on any atom is 0.170 e. The van der Waals surface area contributed by atoms with Gasteiger partial charge in [0.25, 0.3) is 0 Å². The van der Waals surface area contributed by atoms with Crippen LogP contribution in [0.5, 0.6) is 0 Å². The molecule has 2 rings (SSSR count). The van der Waals surface area contributed by atoms with E-state index in [9.17, 15) is 9.18 Å². The molecule has 0 bridgehead atoms. The predicted octanol–water partition coefficient (Wildman–Crippen LogP) is 3.81. The first-order valence-electron chi connectivity index (χ1n) is 5.08. The third-order valence-electron chi connectivity index (χ3n) is 2.41. The number of Topliss-reactive ketones (excluding diaryl/α,β-unsaturated/α-hetero) is 1. The number of hydrogen-bond acceptors (Lipinski definition) is 2. The molecule has 0 saturated carbocycles. The number of rotatable bonds is 3. The van der Waals surface area contributed by atoms with E-state index >= 15 is 0 Å². The van der Waals surface area contributed by atoms with Gasteiger partial charge in [-0.1, -0.05) is 11.6 Å². The Labute approximate surface area is 103 Å². The minimum Gasteiger partial charge on any atom is -0.469 e. The van der Waals surface area contributed by atoms with Crippen LogP contribution in [0.4, 0.5) is 4.39 Å². The third kappa shape index (κ3) is 2.74. The number of benzene rings is 1. The average molecular weight is 253 g/mol. The first-order chi connectivity index (χ1) is 8.06. The van der Waals surface area contributed by atoms with E-state index in [0.717, 1.165) is 0 Å². The number of hydrogen-bond donors (Lipinski definition) is 0. The first kappa shape index (κ1) is 11.9. The Bertz CT molecular complexity index is 560. The smallest absolute Gasteiger partial charge is 0.170 e. The quantitative estimate of drug-likeness (QED) is 0.778. The lowest BCUT2D eigenvalue weighted by Gasteiger charge is -2.01. The Morgan fingerprint density at radius 1 is 1.41 bits per heavy atom. The molecule has 0 aliphatic carbocycles. The highest BCUT2D eigenvalue weighted by atomic mass is 35.5. The van der Waals surface area contributed by atoms with Crippen LogP contribution in [-0.2, 0) is 6.42 Å². The van der Waals surface area contributed by atoms with Gasteiger partial charge < -0.3 is 4.42 Å². The number of aryl methyl sites for hydroxylation is 1. The summed E-state index contributed by atoms with van der Waals surface area (Å²) in [6.45, 7) is 1.75. The van der Waals surface area contributed by atoms with Gasteiger partial charge in [-0.05, 0) is 36.8 Å². The zero-order valence-corrected chi connectivity index (χ0v) is 9.92. The molecule has 4 heteroatoms. The summed E-state index contributed by atoms with van der Waals surface area (Å²) in [6, 6.07) is 5.80. The molecule has 0 aliphatic rings. The Kier molecular flexibility index (Phi) is 3.29. The fourth-order valence-electron chi connectivity index (χ4n) is 1.54. The van der Waals surface area contributed by atoms with E-state index in [2.05, 4.69) is 0 Å². The van der Waals surface area contributed by atoms with Crippen molar-refractivity contribution >= 4 is 17.4 Å². The predicted molar refractivity (Wildman–Crippen MR) is 62.9 cm³/mol. The third-order valence-corrected chi connectivity index (χ3v) is 2.65. The summed E-state index contributed by atoms with van der Waals surface area (Å²) in [6.07, 6.45) is 1.35. The molecular formula is C13H10ClFO2. The van der Waals surface area contributed by atoms with Gasteiger partial charge in [-0.25, -0.2) is 4.39 Å². The largest absolute Gasteiger partial charge is 0.469 e. The van der Waals surface area contributed by atoms with Crippen LogP contribution >= 0.6 is 11.6 Å². The van der Waals surface area contributed by atoms with Crippen molar-refractivity contribution in [2.24, 2.45) is 0 Å². The van der Waals surface area contributed by atoms with Crippen LogP contribution in [0, 0.1) is 12.7 Å². The van der Waals surface area contributed by atoms with Crippen LogP contribution in [-0.4, -0.2) is 5.78 Å². The van der Waals surface area contributed by atoms with Crippen LogP contribution in [0.3, 0.4) is 0 Å². The van der Waals surface area contributed by atoms with E-state index in [0.29, 0.717) is 21.9 Å². The van der Waals surface area contributed by atoms with E-state index < -0.39 is 5.82 Å². The van der Waals surface area contributed by atoms with Crippen LogP contribution in [0.15, 0.2) is 34.9 Å². The molecule has 1 aromatic carbocycles. The molecule has 1 aromatic heterocycles.